The van der Waals surface area contributed by atoms with Gasteiger partial charge in [-0.05, 0) is 0 Å². The summed E-state index contributed by atoms with van der Waals surface area (Å²) in [5, 5.41) is 0. The van der Waals surface area contributed by atoms with Crippen LogP contribution < -0.4 is 0 Å². The van der Waals surface area contributed by atoms with Crippen molar-refractivity contribution in [1.29, 1.82) is 0 Å². The van der Waals surface area contributed by atoms with E-state index in [2.05, 4.69) is 34.2 Å². The number of nitrogens with zero attached hydrogens (tertiary/aromatic N) is 2. The summed E-state index contributed by atoms with van der Waals surface area (Å²) in [6.45, 7) is 0. The van der Waals surface area contributed by atoms with Gasteiger partial charge in [-0.15, -0.1) is 0 Å². The molecule has 2 nitrogen and oxygen atoms in total. The van der Waals surface area contributed by atoms with Crippen molar-refractivity contribution in [3.63, 3.8) is 0 Å². The van der Waals surface area contributed by atoms with E-state index in [1.807, 2.05) is 18.3 Å². The van der Waals surface area contributed by atoms with Gasteiger partial charge in [0.15, 0.2) is 0 Å². The molecule has 0 radical (unpaired) electrons. The third-order valence-corrected chi connectivity index (χ3v) is 4.48. The summed E-state index contributed by atoms with van der Waals surface area (Å²) in [6.07, 6.45) is 3.67. The monoisotopic (exact) mass is 260 g/mol. The maximum atomic E-state index is 4.63. The summed E-state index contributed by atoms with van der Waals surface area (Å²) in [5.41, 5.74) is 2.27. The molecule has 72 valence electrons. The second-order valence-corrected chi connectivity index (χ2v) is 5.39. The minimum atomic E-state index is 0.333. The van der Waals surface area contributed by atoms with Gasteiger partial charge < -0.3 is 0 Å². The van der Waals surface area contributed by atoms with E-state index in [0.29, 0.717) is 14.5 Å². The summed E-state index contributed by atoms with van der Waals surface area (Å²) in [6, 6.07) is 12.4. The molecule has 0 saturated carbocycles. The van der Waals surface area contributed by atoms with Gasteiger partial charge in [0, 0.05) is 0 Å². The average Bonchev–Trinajstić information content (AvgIpc) is 2.74. The first-order chi connectivity index (χ1) is 7.43. The Morgan fingerprint density at radius 3 is 2.73 bits per heavy atom. The van der Waals surface area contributed by atoms with Crippen molar-refractivity contribution >= 4 is 24.3 Å². The van der Waals surface area contributed by atoms with Crippen molar-refractivity contribution in [1.82, 2.24) is 9.97 Å². The molecule has 0 spiro atoms. The maximum absolute atomic E-state index is 4.63. The van der Waals surface area contributed by atoms with Crippen molar-refractivity contribution in [2.75, 3.05) is 0 Å². The third kappa shape index (κ3) is 1.60. The second-order valence-electron chi connectivity index (χ2n) is 3.23. The molecule has 0 atom stereocenters. The van der Waals surface area contributed by atoms with Crippen LogP contribution in [-0.2, 0) is 0 Å². The molecule has 0 N–H and O–H groups in total. The van der Waals surface area contributed by atoms with E-state index < -0.39 is 0 Å². The van der Waals surface area contributed by atoms with Gasteiger partial charge in [0.25, 0.3) is 0 Å². The van der Waals surface area contributed by atoms with Crippen LogP contribution in [0, 0.1) is 0 Å². The van der Waals surface area contributed by atoms with Crippen LogP contribution in [0.5, 0.6) is 0 Å². The molecule has 3 heteroatoms. The predicted molar refractivity (Wildman–Crippen MR) is 61.9 cm³/mol. The van der Waals surface area contributed by atoms with E-state index in [9.17, 15) is 0 Å². The number of hydrogen-bond acceptors (Lipinski definition) is 2. The van der Waals surface area contributed by atoms with Gasteiger partial charge in [0.1, 0.15) is 0 Å². The molecule has 3 rings (SSSR count). The first kappa shape index (κ1) is 8.83. The topological polar surface area (TPSA) is 25.8 Å². The van der Waals surface area contributed by atoms with Gasteiger partial charge >= 0.3 is 93.2 Å². The molecule has 0 fully saturated rings. The SMILES string of the molecule is c1cncc(-c2nc3ccccc3[se]2)c1. The first-order valence-corrected chi connectivity index (χ1v) is 6.41. The molecule has 15 heavy (non-hydrogen) atoms. The number of aromatic nitrogens is 2. The Hall–Kier alpha value is -1.44. The molecule has 0 saturated heterocycles. The summed E-state index contributed by atoms with van der Waals surface area (Å²) in [5.74, 6) is 0. The molecule has 0 aliphatic rings. The van der Waals surface area contributed by atoms with E-state index in [0.717, 1.165) is 11.1 Å². The van der Waals surface area contributed by atoms with E-state index in [4.69, 9.17) is 0 Å². The zero-order chi connectivity index (χ0) is 10.1. The molecule has 0 amide bonds. The fourth-order valence-corrected chi connectivity index (χ4v) is 3.49. The Balaban J connectivity index is 2.21. The van der Waals surface area contributed by atoms with E-state index >= 15 is 0 Å². The number of hydrogen-bond donors (Lipinski definition) is 0. The molecule has 0 bridgehead atoms. The van der Waals surface area contributed by atoms with E-state index in [-0.39, 0.29) is 0 Å². The molecular formula is C12H8N2Se. The zero-order valence-corrected chi connectivity index (χ0v) is 9.63. The molecule has 0 aliphatic heterocycles. The van der Waals surface area contributed by atoms with E-state index in [1.165, 1.54) is 8.83 Å². The number of benzene rings is 1. The van der Waals surface area contributed by atoms with Crippen molar-refractivity contribution in [3.8, 4) is 10.1 Å². The summed E-state index contributed by atoms with van der Waals surface area (Å²) in [4.78, 5) is 8.75. The number of para-hydroxylation sites is 1. The second kappa shape index (κ2) is 3.61. The van der Waals surface area contributed by atoms with E-state index in [1.54, 1.807) is 6.20 Å². The minimum absolute atomic E-state index is 0.333. The van der Waals surface area contributed by atoms with Crippen LogP contribution in [0.15, 0.2) is 48.8 Å². The summed E-state index contributed by atoms with van der Waals surface area (Å²) in [7, 11) is 0. The Morgan fingerprint density at radius 1 is 1.00 bits per heavy atom. The summed E-state index contributed by atoms with van der Waals surface area (Å²) >= 11 is 0.333. The fraction of sp³-hybridized carbons (Fsp3) is 0. The quantitative estimate of drug-likeness (QED) is 0.627. The molecular weight excluding hydrogens is 251 g/mol. The zero-order valence-electron chi connectivity index (χ0n) is 7.92. The molecule has 0 aliphatic carbocycles. The van der Waals surface area contributed by atoms with Crippen LogP contribution in [0.4, 0.5) is 0 Å². The molecule has 2 aromatic heterocycles. The van der Waals surface area contributed by atoms with Gasteiger partial charge in [-0.1, -0.05) is 0 Å². The number of rotatable bonds is 1. The predicted octanol–water partition coefficient (Wildman–Crippen LogP) is 2.35. The van der Waals surface area contributed by atoms with Crippen LogP contribution in [-0.4, -0.2) is 24.5 Å². The normalized spacial score (nSPS) is 10.7. The average molecular weight is 259 g/mol. The molecule has 1 aromatic carbocycles. The third-order valence-electron chi connectivity index (χ3n) is 2.20. The Morgan fingerprint density at radius 2 is 1.93 bits per heavy atom. The number of fused-ring (bicyclic) bond motifs is 1. The van der Waals surface area contributed by atoms with Crippen LogP contribution in [0.2, 0.25) is 0 Å². The van der Waals surface area contributed by atoms with Crippen LogP contribution in [0.25, 0.3) is 19.9 Å². The number of pyridine rings is 1. The van der Waals surface area contributed by atoms with Gasteiger partial charge in [-0.2, -0.15) is 0 Å². The van der Waals surface area contributed by atoms with Gasteiger partial charge in [0.05, 0.1) is 0 Å². The van der Waals surface area contributed by atoms with Gasteiger partial charge in [0.2, 0.25) is 0 Å². The Bertz CT molecular complexity index is 554. The van der Waals surface area contributed by atoms with Crippen LogP contribution in [0.1, 0.15) is 0 Å². The fourth-order valence-electron chi connectivity index (χ4n) is 1.48. The van der Waals surface area contributed by atoms with Crippen molar-refractivity contribution in [3.05, 3.63) is 48.8 Å². The van der Waals surface area contributed by atoms with Crippen molar-refractivity contribution in [2.24, 2.45) is 0 Å². The van der Waals surface area contributed by atoms with Crippen molar-refractivity contribution in [2.45, 2.75) is 0 Å². The molecule has 2 heterocycles. The Kier molecular flexibility index (Phi) is 2.13. The first-order valence-electron chi connectivity index (χ1n) is 4.69. The van der Waals surface area contributed by atoms with Gasteiger partial charge in [-0.3, -0.25) is 0 Å². The van der Waals surface area contributed by atoms with Crippen LogP contribution in [0.3, 0.4) is 0 Å². The summed E-state index contributed by atoms with van der Waals surface area (Å²) < 4.78 is 2.54. The van der Waals surface area contributed by atoms with Gasteiger partial charge in [-0.25, -0.2) is 0 Å². The van der Waals surface area contributed by atoms with Crippen LogP contribution >= 0.6 is 0 Å². The molecule has 0 unspecified atom stereocenters. The van der Waals surface area contributed by atoms with Crippen molar-refractivity contribution < 1.29 is 0 Å². The Labute approximate surface area is 93.4 Å². The standard InChI is InChI=1S/C12H8N2Se/c1-2-6-11-10(5-1)14-12(15-11)9-4-3-7-13-8-9/h1-8H. The molecule has 3 aromatic rings.